The van der Waals surface area contributed by atoms with Crippen LogP contribution in [-0.4, -0.2) is 46.5 Å². The Labute approximate surface area is 218 Å². The first kappa shape index (κ1) is 29.4. The van der Waals surface area contributed by atoms with Gasteiger partial charge in [0.05, 0.1) is 32.7 Å². The minimum Gasteiger partial charge on any atom is -0.496 e. The van der Waals surface area contributed by atoms with Crippen molar-refractivity contribution in [2.24, 2.45) is 11.8 Å². The zero-order chi connectivity index (χ0) is 26.7. The van der Waals surface area contributed by atoms with Crippen LogP contribution < -0.4 is 10.1 Å². The number of aryl methyl sites for hydroxylation is 1. The largest absolute Gasteiger partial charge is 0.496 e. The predicted octanol–water partition coefficient (Wildman–Crippen LogP) is 4.63. The first-order chi connectivity index (χ1) is 17.2. The molecule has 1 aromatic heterocycles. The van der Waals surface area contributed by atoms with Gasteiger partial charge in [0.2, 0.25) is 5.91 Å². The standard InChI is InChI=1S/C27H39N3O5S/c1-7-8-9-25-28-14-22(15-29-26(32)21(12-18(2)3)17-36-19(4)31)30(25)16-20-10-11-23(27(33)35-6)24(13-20)34-5/h10-11,13-14,18,21H,7-9,12,15-17H2,1-6H3,(H,29,32). The Morgan fingerprint density at radius 1 is 1.19 bits per heavy atom. The third-order valence-corrected chi connectivity index (χ3v) is 6.82. The number of methoxy groups -OCH3 is 2. The average Bonchev–Trinajstić information content (AvgIpc) is 3.23. The Balaban J connectivity index is 2.25. The molecule has 2 rings (SSSR count). The second-order valence-electron chi connectivity index (χ2n) is 9.23. The average molecular weight is 518 g/mol. The highest BCUT2D eigenvalue weighted by Crippen LogP contribution is 2.23. The molecule has 1 atom stereocenters. The van der Waals surface area contributed by atoms with Crippen molar-refractivity contribution in [3.05, 3.63) is 47.0 Å². The number of carbonyl (C=O) groups excluding carboxylic acids is 3. The zero-order valence-electron chi connectivity index (χ0n) is 22.3. The Bertz CT molecular complexity index is 1030. The fourth-order valence-corrected chi connectivity index (χ4v) is 4.70. The Morgan fingerprint density at radius 2 is 1.94 bits per heavy atom. The number of carbonyl (C=O) groups is 3. The van der Waals surface area contributed by atoms with Crippen LogP contribution in [-0.2, 0) is 33.8 Å². The summed E-state index contributed by atoms with van der Waals surface area (Å²) in [5, 5.41) is 3.09. The van der Waals surface area contributed by atoms with Gasteiger partial charge in [-0.15, -0.1) is 0 Å². The molecule has 1 unspecified atom stereocenters. The third-order valence-electron chi connectivity index (χ3n) is 5.84. The molecule has 198 valence electrons. The molecule has 1 N–H and O–H groups in total. The summed E-state index contributed by atoms with van der Waals surface area (Å²) in [6, 6.07) is 5.40. The number of imidazole rings is 1. The normalized spacial score (nSPS) is 11.9. The third kappa shape index (κ3) is 8.69. The summed E-state index contributed by atoms with van der Waals surface area (Å²) in [5.41, 5.74) is 2.21. The molecular weight excluding hydrogens is 478 g/mol. The number of unbranched alkanes of at least 4 members (excludes halogenated alkanes) is 1. The van der Waals surface area contributed by atoms with Crippen LogP contribution in [0.15, 0.2) is 24.4 Å². The molecule has 1 heterocycles. The lowest BCUT2D eigenvalue weighted by Crippen LogP contribution is -2.33. The molecule has 0 saturated heterocycles. The maximum atomic E-state index is 13.0. The SMILES string of the molecule is CCCCc1ncc(CNC(=O)C(CSC(C)=O)CC(C)C)n1Cc1ccc(C(=O)OC)c(OC)c1. The fraction of sp³-hybridized carbons (Fsp3) is 0.556. The number of esters is 1. The molecule has 2 aromatic rings. The van der Waals surface area contributed by atoms with Gasteiger partial charge in [-0.3, -0.25) is 9.59 Å². The number of nitrogens with zero attached hydrogens (tertiary/aromatic N) is 2. The van der Waals surface area contributed by atoms with Gasteiger partial charge in [-0.05, 0) is 36.5 Å². The highest BCUT2D eigenvalue weighted by atomic mass is 32.2. The summed E-state index contributed by atoms with van der Waals surface area (Å²) < 4.78 is 12.4. The summed E-state index contributed by atoms with van der Waals surface area (Å²) >= 11 is 1.20. The van der Waals surface area contributed by atoms with Gasteiger partial charge in [0.1, 0.15) is 17.1 Å². The van der Waals surface area contributed by atoms with E-state index >= 15 is 0 Å². The number of ether oxygens (including phenoxy) is 2. The van der Waals surface area contributed by atoms with Crippen LogP contribution in [0.3, 0.4) is 0 Å². The van der Waals surface area contributed by atoms with Crippen LogP contribution in [0.25, 0.3) is 0 Å². The monoisotopic (exact) mass is 517 g/mol. The molecule has 0 fully saturated rings. The summed E-state index contributed by atoms with van der Waals surface area (Å²) in [5.74, 6) is 1.49. The fourth-order valence-electron chi connectivity index (χ4n) is 3.98. The molecular formula is C27H39N3O5S. The van der Waals surface area contributed by atoms with Crippen LogP contribution in [0.1, 0.15) is 74.4 Å². The number of hydrogen-bond donors (Lipinski definition) is 1. The molecule has 0 aliphatic rings. The molecule has 0 aliphatic carbocycles. The molecule has 8 nitrogen and oxygen atoms in total. The van der Waals surface area contributed by atoms with Crippen LogP contribution in [0.4, 0.5) is 0 Å². The molecule has 0 saturated carbocycles. The van der Waals surface area contributed by atoms with Crippen LogP contribution >= 0.6 is 11.8 Å². The highest BCUT2D eigenvalue weighted by molar-refractivity contribution is 8.13. The minimum atomic E-state index is -0.452. The predicted molar refractivity (Wildman–Crippen MR) is 142 cm³/mol. The highest BCUT2D eigenvalue weighted by Gasteiger charge is 2.22. The lowest BCUT2D eigenvalue weighted by molar-refractivity contribution is -0.125. The molecule has 1 amide bonds. The molecule has 0 aliphatic heterocycles. The molecule has 36 heavy (non-hydrogen) atoms. The van der Waals surface area contributed by atoms with Crippen molar-refractivity contribution in [1.82, 2.24) is 14.9 Å². The van der Waals surface area contributed by atoms with Crippen molar-refractivity contribution in [2.75, 3.05) is 20.0 Å². The Kier molecular flexibility index (Phi) is 12.0. The minimum absolute atomic E-state index is 0.0174. The number of nitrogens with one attached hydrogen (secondary N) is 1. The zero-order valence-corrected chi connectivity index (χ0v) is 23.1. The van der Waals surface area contributed by atoms with Gasteiger partial charge >= 0.3 is 5.97 Å². The van der Waals surface area contributed by atoms with Gasteiger partial charge in [-0.1, -0.05) is 45.0 Å². The smallest absolute Gasteiger partial charge is 0.341 e. The maximum Gasteiger partial charge on any atom is 0.341 e. The van der Waals surface area contributed by atoms with Gasteiger partial charge < -0.3 is 19.4 Å². The molecule has 1 aromatic carbocycles. The van der Waals surface area contributed by atoms with E-state index in [4.69, 9.17) is 9.47 Å². The van der Waals surface area contributed by atoms with Gasteiger partial charge in [0.25, 0.3) is 0 Å². The van der Waals surface area contributed by atoms with Crippen molar-refractivity contribution in [2.45, 2.75) is 66.5 Å². The summed E-state index contributed by atoms with van der Waals surface area (Å²) in [6.45, 7) is 8.68. The van der Waals surface area contributed by atoms with E-state index in [2.05, 4.69) is 35.6 Å². The first-order valence-electron chi connectivity index (χ1n) is 12.4. The lowest BCUT2D eigenvalue weighted by Gasteiger charge is -2.19. The van der Waals surface area contributed by atoms with E-state index < -0.39 is 5.97 Å². The topological polar surface area (TPSA) is 99.5 Å². The van der Waals surface area contributed by atoms with Gasteiger partial charge in [0, 0.05) is 31.6 Å². The second-order valence-corrected chi connectivity index (χ2v) is 10.4. The van der Waals surface area contributed by atoms with Crippen molar-refractivity contribution >= 4 is 28.8 Å². The van der Waals surface area contributed by atoms with E-state index in [1.54, 1.807) is 6.07 Å². The number of hydrogen-bond acceptors (Lipinski definition) is 7. The van der Waals surface area contributed by atoms with E-state index in [1.165, 1.54) is 32.9 Å². The second kappa shape index (κ2) is 14.7. The number of benzene rings is 1. The first-order valence-corrected chi connectivity index (χ1v) is 13.4. The van der Waals surface area contributed by atoms with Crippen molar-refractivity contribution in [1.29, 1.82) is 0 Å². The van der Waals surface area contributed by atoms with Gasteiger partial charge in [-0.25, -0.2) is 9.78 Å². The van der Waals surface area contributed by atoms with E-state index in [-0.39, 0.29) is 16.9 Å². The summed E-state index contributed by atoms with van der Waals surface area (Å²) in [6.07, 6.45) is 5.41. The summed E-state index contributed by atoms with van der Waals surface area (Å²) in [4.78, 5) is 41.1. The molecule has 9 heteroatoms. The quantitative estimate of drug-likeness (QED) is 0.365. The molecule has 0 spiro atoms. The van der Waals surface area contributed by atoms with Crippen molar-refractivity contribution < 1.29 is 23.9 Å². The van der Waals surface area contributed by atoms with Gasteiger partial charge in [0.15, 0.2) is 5.12 Å². The van der Waals surface area contributed by atoms with E-state index in [1.807, 2.05) is 18.3 Å². The van der Waals surface area contributed by atoms with Crippen LogP contribution in [0.2, 0.25) is 0 Å². The number of thioether (sulfide) groups is 1. The Morgan fingerprint density at radius 3 is 2.56 bits per heavy atom. The molecule has 0 radical (unpaired) electrons. The maximum absolute atomic E-state index is 13.0. The van der Waals surface area contributed by atoms with Gasteiger partial charge in [-0.2, -0.15) is 0 Å². The van der Waals surface area contributed by atoms with Crippen molar-refractivity contribution in [3.63, 3.8) is 0 Å². The van der Waals surface area contributed by atoms with Crippen molar-refractivity contribution in [3.8, 4) is 5.75 Å². The number of amides is 1. The number of aromatic nitrogens is 2. The summed E-state index contributed by atoms with van der Waals surface area (Å²) in [7, 11) is 2.86. The van der Waals surface area contributed by atoms with Crippen LogP contribution in [0, 0.1) is 11.8 Å². The molecule has 0 bridgehead atoms. The number of rotatable bonds is 14. The Hall–Kier alpha value is -2.81. The van der Waals surface area contributed by atoms with E-state index in [0.717, 1.165) is 42.8 Å². The lowest BCUT2D eigenvalue weighted by atomic mass is 9.98. The van der Waals surface area contributed by atoms with E-state index in [9.17, 15) is 14.4 Å². The van der Waals surface area contributed by atoms with Crippen LogP contribution in [0.5, 0.6) is 5.75 Å². The van der Waals surface area contributed by atoms with E-state index in [0.29, 0.717) is 36.1 Å².